The number of aromatic amines is 1. The third-order valence-electron chi connectivity index (χ3n) is 2.11. The van der Waals surface area contributed by atoms with Crippen LogP contribution in [0.1, 0.15) is 0 Å². The quantitative estimate of drug-likeness (QED) is 0.947. The van der Waals surface area contributed by atoms with Crippen molar-refractivity contribution in [1.82, 2.24) is 9.97 Å². The highest BCUT2D eigenvalue weighted by Crippen LogP contribution is 2.20. The van der Waals surface area contributed by atoms with Crippen LogP contribution in [-0.2, 0) is 0 Å². The largest absolute Gasteiger partial charge is 0.435 e. The molecule has 0 spiro atoms. The average molecular weight is 317 g/mol. The van der Waals surface area contributed by atoms with E-state index in [2.05, 4.69) is 30.6 Å². The van der Waals surface area contributed by atoms with E-state index >= 15 is 0 Å². The number of benzene rings is 1. The molecule has 0 atom stereocenters. The Labute approximate surface area is 109 Å². The number of alkyl halides is 2. The summed E-state index contributed by atoms with van der Waals surface area (Å²) in [7, 11) is 0. The van der Waals surface area contributed by atoms with Crippen LogP contribution in [0.4, 0.5) is 8.78 Å². The van der Waals surface area contributed by atoms with Gasteiger partial charge in [-0.15, -0.1) is 0 Å². The van der Waals surface area contributed by atoms with Gasteiger partial charge >= 0.3 is 6.61 Å². The molecule has 0 saturated heterocycles. The monoisotopic (exact) mass is 316 g/mol. The van der Waals surface area contributed by atoms with Crippen molar-refractivity contribution in [2.45, 2.75) is 6.61 Å². The van der Waals surface area contributed by atoms with Gasteiger partial charge < -0.3 is 9.72 Å². The minimum absolute atomic E-state index is 0.0493. The molecule has 0 bridgehead atoms. The van der Waals surface area contributed by atoms with E-state index in [-0.39, 0.29) is 11.3 Å². The van der Waals surface area contributed by atoms with Crippen LogP contribution in [0.15, 0.2) is 39.7 Å². The van der Waals surface area contributed by atoms with Gasteiger partial charge in [-0.1, -0.05) is 0 Å². The predicted molar refractivity (Wildman–Crippen MR) is 64.6 cm³/mol. The van der Waals surface area contributed by atoms with Crippen molar-refractivity contribution in [2.75, 3.05) is 0 Å². The molecule has 0 aliphatic carbocycles. The van der Waals surface area contributed by atoms with Crippen LogP contribution < -0.4 is 10.3 Å². The van der Waals surface area contributed by atoms with Gasteiger partial charge in [-0.2, -0.15) is 8.78 Å². The highest BCUT2D eigenvalue weighted by molar-refractivity contribution is 9.10. The standard InChI is InChI=1S/C11H7BrF2N2O2/c12-8-5-15-9(16-10(8)17)6-1-3-7(4-2-6)18-11(13)14/h1-5,11H,(H,15,16,17). The van der Waals surface area contributed by atoms with E-state index in [9.17, 15) is 13.6 Å². The van der Waals surface area contributed by atoms with Crippen molar-refractivity contribution in [2.24, 2.45) is 0 Å². The first-order valence-electron chi connectivity index (χ1n) is 4.86. The molecular formula is C11H7BrF2N2O2. The van der Waals surface area contributed by atoms with Gasteiger partial charge in [0, 0.05) is 11.8 Å². The number of nitrogens with zero attached hydrogens (tertiary/aromatic N) is 1. The summed E-state index contributed by atoms with van der Waals surface area (Å²) in [6, 6.07) is 5.82. The van der Waals surface area contributed by atoms with E-state index in [1.165, 1.54) is 30.5 Å². The van der Waals surface area contributed by atoms with Crippen LogP contribution in [0, 0.1) is 0 Å². The summed E-state index contributed by atoms with van der Waals surface area (Å²) in [5.41, 5.74) is 0.286. The second-order valence-corrected chi connectivity index (χ2v) is 4.17. The van der Waals surface area contributed by atoms with E-state index < -0.39 is 6.61 Å². The van der Waals surface area contributed by atoms with Crippen LogP contribution in [0.3, 0.4) is 0 Å². The van der Waals surface area contributed by atoms with Crippen molar-refractivity contribution in [3.8, 4) is 17.1 Å². The van der Waals surface area contributed by atoms with Gasteiger partial charge in [0.2, 0.25) is 0 Å². The Balaban J connectivity index is 2.28. The minimum atomic E-state index is -2.86. The lowest BCUT2D eigenvalue weighted by atomic mass is 10.2. The Morgan fingerprint density at radius 1 is 1.28 bits per heavy atom. The molecule has 4 nitrogen and oxygen atoms in total. The highest BCUT2D eigenvalue weighted by Gasteiger charge is 2.06. The lowest BCUT2D eigenvalue weighted by Crippen LogP contribution is -2.08. The summed E-state index contributed by atoms with van der Waals surface area (Å²) < 4.78 is 28.4. The first-order chi connectivity index (χ1) is 8.56. The first-order valence-corrected chi connectivity index (χ1v) is 5.65. The molecule has 1 aromatic carbocycles. The van der Waals surface area contributed by atoms with E-state index in [1.807, 2.05) is 0 Å². The molecule has 94 valence electrons. The molecule has 0 unspecified atom stereocenters. The Bertz CT molecular complexity index is 599. The van der Waals surface area contributed by atoms with Gasteiger partial charge in [0.15, 0.2) is 0 Å². The van der Waals surface area contributed by atoms with Gasteiger partial charge in [0.1, 0.15) is 16.0 Å². The molecule has 0 fully saturated rings. The van der Waals surface area contributed by atoms with Gasteiger partial charge in [0.25, 0.3) is 5.56 Å². The Morgan fingerprint density at radius 3 is 2.50 bits per heavy atom. The summed E-state index contributed by atoms with van der Waals surface area (Å²) >= 11 is 3.03. The normalized spacial score (nSPS) is 10.7. The lowest BCUT2D eigenvalue weighted by Gasteiger charge is -2.05. The molecule has 7 heteroatoms. The van der Waals surface area contributed by atoms with Crippen molar-refractivity contribution in [1.29, 1.82) is 0 Å². The van der Waals surface area contributed by atoms with Crippen molar-refractivity contribution < 1.29 is 13.5 Å². The topological polar surface area (TPSA) is 55.0 Å². The number of hydrogen-bond donors (Lipinski definition) is 1. The number of hydrogen-bond acceptors (Lipinski definition) is 3. The summed E-state index contributed by atoms with van der Waals surface area (Å²) in [4.78, 5) is 17.9. The highest BCUT2D eigenvalue weighted by atomic mass is 79.9. The molecule has 0 amide bonds. The predicted octanol–water partition coefficient (Wildman–Crippen LogP) is 2.80. The fourth-order valence-corrected chi connectivity index (χ4v) is 1.52. The number of nitrogens with one attached hydrogen (secondary N) is 1. The maximum Gasteiger partial charge on any atom is 0.387 e. The van der Waals surface area contributed by atoms with E-state index in [4.69, 9.17) is 0 Å². The minimum Gasteiger partial charge on any atom is -0.435 e. The van der Waals surface area contributed by atoms with Crippen molar-refractivity contribution in [3.05, 3.63) is 45.3 Å². The smallest absolute Gasteiger partial charge is 0.387 e. The van der Waals surface area contributed by atoms with Gasteiger partial charge in [-0.25, -0.2) is 4.98 Å². The van der Waals surface area contributed by atoms with Crippen LogP contribution in [0.5, 0.6) is 5.75 Å². The molecule has 2 rings (SSSR count). The number of halogens is 3. The number of H-pyrrole nitrogens is 1. The van der Waals surface area contributed by atoms with Crippen LogP contribution in [0.25, 0.3) is 11.4 Å². The SMILES string of the molecule is O=c1[nH]c(-c2ccc(OC(F)F)cc2)ncc1Br. The maximum absolute atomic E-state index is 12.0. The van der Waals surface area contributed by atoms with Gasteiger partial charge in [0.05, 0.1) is 0 Å². The molecule has 1 N–H and O–H groups in total. The zero-order chi connectivity index (χ0) is 13.1. The molecule has 0 aliphatic heterocycles. The molecule has 0 saturated carbocycles. The summed E-state index contributed by atoms with van der Waals surface area (Å²) in [6.45, 7) is -2.86. The fourth-order valence-electron chi connectivity index (χ4n) is 1.32. The molecule has 1 heterocycles. The lowest BCUT2D eigenvalue weighted by molar-refractivity contribution is -0.0498. The zero-order valence-electron chi connectivity index (χ0n) is 8.86. The zero-order valence-corrected chi connectivity index (χ0v) is 10.4. The van der Waals surface area contributed by atoms with Gasteiger partial charge in [-0.3, -0.25) is 4.79 Å². The molecule has 2 aromatic rings. The Kier molecular flexibility index (Phi) is 3.71. The second kappa shape index (κ2) is 5.26. The van der Waals surface area contributed by atoms with E-state index in [1.54, 1.807) is 0 Å². The van der Waals surface area contributed by atoms with Crippen LogP contribution in [-0.4, -0.2) is 16.6 Å². The number of rotatable bonds is 3. The molecule has 1 aromatic heterocycles. The van der Waals surface area contributed by atoms with Crippen LogP contribution >= 0.6 is 15.9 Å². The summed E-state index contributed by atoms with van der Waals surface area (Å²) in [5, 5.41) is 0. The second-order valence-electron chi connectivity index (χ2n) is 3.31. The average Bonchev–Trinajstić information content (AvgIpc) is 2.33. The third kappa shape index (κ3) is 2.92. The van der Waals surface area contributed by atoms with Crippen molar-refractivity contribution >= 4 is 15.9 Å². The molecule has 0 aliphatic rings. The summed E-state index contributed by atoms with van der Waals surface area (Å²) in [6.07, 6.45) is 1.37. The molecule has 0 radical (unpaired) electrons. The number of ether oxygens (including phenoxy) is 1. The molecular weight excluding hydrogens is 310 g/mol. The fraction of sp³-hybridized carbons (Fsp3) is 0.0909. The number of aromatic nitrogens is 2. The first kappa shape index (κ1) is 12.7. The van der Waals surface area contributed by atoms with Crippen LogP contribution in [0.2, 0.25) is 0 Å². The Morgan fingerprint density at radius 2 is 1.94 bits per heavy atom. The maximum atomic E-state index is 12.0. The Hall–Kier alpha value is -1.76. The van der Waals surface area contributed by atoms with Gasteiger partial charge in [-0.05, 0) is 40.2 Å². The van der Waals surface area contributed by atoms with E-state index in [0.717, 1.165) is 0 Å². The van der Waals surface area contributed by atoms with Crippen molar-refractivity contribution in [3.63, 3.8) is 0 Å². The third-order valence-corrected chi connectivity index (χ3v) is 2.67. The molecule has 18 heavy (non-hydrogen) atoms. The summed E-state index contributed by atoms with van der Waals surface area (Å²) in [5.74, 6) is 0.403. The van der Waals surface area contributed by atoms with E-state index in [0.29, 0.717) is 15.9 Å².